The van der Waals surface area contributed by atoms with E-state index in [1.165, 1.54) is 0 Å². The molecule has 5 heteroatoms. The largest absolute Gasteiger partial charge is 0.480 e. The first kappa shape index (κ1) is 11.8. The van der Waals surface area contributed by atoms with Crippen molar-refractivity contribution in [3.63, 3.8) is 0 Å². The summed E-state index contributed by atoms with van der Waals surface area (Å²) in [5.41, 5.74) is 0. The predicted octanol–water partition coefficient (Wildman–Crippen LogP) is -0.0861. The Morgan fingerprint density at radius 3 is 2.94 bits per heavy atom. The van der Waals surface area contributed by atoms with Crippen LogP contribution in [-0.2, 0) is 9.53 Å². The molecule has 1 unspecified atom stereocenters. The minimum Gasteiger partial charge on any atom is -0.480 e. The second-order valence-corrected chi connectivity index (χ2v) is 4.60. The normalized spacial score (nSPS) is 25.0. The standard InChI is InChI=1S/C11H20N2O3/c14-11(15)10(12-9-2-3-9)8-13-4-1-6-16-7-5-13/h9-10,12H,1-8H2,(H,14,15). The van der Waals surface area contributed by atoms with Crippen molar-refractivity contribution >= 4 is 5.97 Å². The van der Waals surface area contributed by atoms with E-state index >= 15 is 0 Å². The average Bonchev–Trinajstić information content (AvgIpc) is 3.04. The van der Waals surface area contributed by atoms with Crippen molar-refractivity contribution in [2.75, 3.05) is 32.8 Å². The fourth-order valence-corrected chi connectivity index (χ4v) is 1.98. The number of carboxylic acids is 1. The molecule has 1 atom stereocenters. The highest BCUT2D eigenvalue weighted by atomic mass is 16.5. The second-order valence-electron chi connectivity index (χ2n) is 4.60. The Kier molecular flexibility index (Phi) is 4.15. The lowest BCUT2D eigenvalue weighted by molar-refractivity contribution is -0.140. The number of ether oxygens (including phenoxy) is 1. The summed E-state index contributed by atoms with van der Waals surface area (Å²) in [5, 5.41) is 12.3. The number of carbonyl (C=O) groups is 1. The van der Waals surface area contributed by atoms with Gasteiger partial charge >= 0.3 is 5.97 Å². The van der Waals surface area contributed by atoms with E-state index in [0.717, 1.165) is 45.6 Å². The van der Waals surface area contributed by atoms with Gasteiger partial charge in [0.25, 0.3) is 0 Å². The third-order valence-electron chi connectivity index (χ3n) is 3.07. The van der Waals surface area contributed by atoms with Crippen molar-refractivity contribution in [1.82, 2.24) is 10.2 Å². The molecule has 1 saturated heterocycles. The van der Waals surface area contributed by atoms with Gasteiger partial charge in [-0.1, -0.05) is 0 Å². The molecule has 0 aromatic rings. The van der Waals surface area contributed by atoms with Crippen LogP contribution in [0.25, 0.3) is 0 Å². The first-order valence-corrected chi connectivity index (χ1v) is 6.04. The Labute approximate surface area is 95.8 Å². The molecular weight excluding hydrogens is 208 g/mol. The number of hydrogen-bond donors (Lipinski definition) is 2. The zero-order chi connectivity index (χ0) is 11.4. The zero-order valence-corrected chi connectivity index (χ0v) is 9.52. The monoisotopic (exact) mass is 228 g/mol. The molecule has 16 heavy (non-hydrogen) atoms. The van der Waals surface area contributed by atoms with Crippen LogP contribution in [0, 0.1) is 0 Å². The molecular formula is C11H20N2O3. The van der Waals surface area contributed by atoms with Gasteiger partial charge in [-0.25, -0.2) is 0 Å². The SMILES string of the molecule is O=C(O)C(CN1CCCOCC1)NC1CC1. The smallest absolute Gasteiger partial charge is 0.322 e. The molecule has 1 heterocycles. The molecule has 5 nitrogen and oxygen atoms in total. The zero-order valence-electron chi connectivity index (χ0n) is 9.52. The van der Waals surface area contributed by atoms with Crippen LogP contribution in [0.4, 0.5) is 0 Å². The van der Waals surface area contributed by atoms with Gasteiger partial charge in [0.15, 0.2) is 0 Å². The number of carboxylic acid groups (broad SMARTS) is 1. The summed E-state index contributed by atoms with van der Waals surface area (Å²) < 4.78 is 5.35. The van der Waals surface area contributed by atoms with Gasteiger partial charge in [0.1, 0.15) is 6.04 Å². The van der Waals surface area contributed by atoms with E-state index in [1.807, 2.05) is 0 Å². The van der Waals surface area contributed by atoms with Crippen molar-refractivity contribution in [3.8, 4) is 0 Å². The quantitative estimate of drug-likeness (QED) is 0.689. The summed E-state index contributed by atoms with van der Waals surface area (Å²) in [6, 6.07) is 0.00919. The Morgan fingerprint density at radius 1 is 1.44 bits per heavy atom. The van der Waals surface area contributed by atoms with Gasteiger partial charge in [-0.15, -0.1) is 0 Å². The van der Waals surface area contributed by atoms with Crippen LogP contribution in [0.1, 0.15) is 19.3 Å². The molecule has 0 aromatic carbocycles. The summed E-state index contributed by atoms with van der Waals surface area (Å²) in [6.07, 6.45) is 3.23. The lowest BCUT2D eigenvalue weighted by atomic mass is 10.2. The summed E-state index contributed by atoms with van der Waals surface area (Å²) >= 11 is 0. The molecule has 2 rings (SSSR count). The van der Waals surface area contributed by atoms with Gasteiger partial charge in [0.05, 0.1) is 6.61 Å². The number of nitrogens with zero attached hydrogens (tertiary/aromatic N) is 1. The Morgan fingerprint density at radius 2 is 2.25 bits per heavy atom. The van der Waals surface area contributed by atoms with Crippen LogP contribution < -0.4 is 5.32 Å². The average molecular weight is 228 g/mol. The van der Waals surface area contributed by atoms with Crippen LogP contribution in [0.5, 0.6) is 0 Å². The number of nitrogens with one attached hydrogen (secondary N) is 1. The Balaban J connectivity index is 1.80. The maximum atomic E-state index is 11.1. The van der Waals surface area contributed by atoms with Gasteiger partial charge < -0.3 is 15.2 Å². The molecule has 0 bridgehead atoms. The first-order chi connectivity index (χ1) is 7.75. The molecule has 0 aromatic heterocycles. The van der Waals surface area contributed by atoms with E-state index in [-0.39, 0.29) is 0 Å². The number of aliphatic carboxylic acids is 1. The first-order valence-electron chi connectivity index (χ1n) is 6.04. The summed E-state index contributed by atoms with van der Waals surface area (Å²) in [6.45, 7) is 3.89. The maximum absolute atomic E-state index is 11.1. The van der Waals surface area contributed by atoms with E-state index in [0.29, 0.717) is 12.6 Å². The fraction of sp³-hybridized carbons (Fsp3) is 0.909. The number of hydrogen-bond acceptors (Lipinski definition) is 4. The lowest BCUT2D eigenvalue weighted by Crippen LogP contribution is -2.47. The summed E-state index contributed by atoms with van der Waals surface area (Å²) in [7, 11) is 0. The van der Waals surface area contributed by atoms with Crippen LogP contribution in [-0.4, -0.2) is 60.9 Å². The summed E-state index contributed by atoms with van der Waals surface area (Å²) in [4.78, 5) is 13.3. The third kappa shape index (κ3) is 3.73. The third-order valence-corrected chi connectivity index (χ3v) is 3.07. The molecule has 2 N–H and O–H groups in total. The Hall–Kier alpha value is -0.650. The van der Waals surface area contributed by atoms with Crippen LogP contribution in [0.2, 0.25) is 0 Å². The van der Waals surface area contributed by atoms with Crippen LogP contribution in [0.15, 0.2) is 0 Å². The topological polar surface area (TPSA) is 61.8 Å². The highest BCUT2D eigenvalue weighted by Crippen LogP contribution is 2.19. The lowest BCUT2D eigenvalue weighted by Gasteiger charge is -2.24. The summed E-state index contributed by atoms with van der Waals surface area (Å²) in [5.74, 6) is -0.739. The van der Waals surface area contributed by atoms with E-state index in [9.17, 15) is 4.79 Å². The molecule has 2 fully saturated rings. The molecule has 2 aliphatic rings. The van der Waals surface area contributed by atoms with Crippen molar-refractivity contribution in [2.24, 2.45) is 0 Å². The van der Waals surface area contributed by atoms with Gasteiger partial charge in [-0.3, -0.25) is 9.69 Å². The van der Waals surface area contributed by atoms with E-state index in [1.54, 1.807) is 0 Å². The minimum absolute atomic E-state index is 0.425. The van der Waals surface area contributed by atoms with Gasteiger partial charge in [-0.2, -0.15) is 0 Å². The van der Waals surface area contributed by atoms with E-state index in [4.69, 9.17) is 9.84 Å². The fourth-order valence-electron chi connectivity index (χ4n) is 1.98. The number of rotatable bonds is 5. The molecule has 1 saturated carbocycles. The highest BCUT2D eigenvalue weighted by molar-refractivity contribution is 5.73. The Bertz CT molecular complexity index is 235. The predicted molar refractivity (Wildman–Crippen MR) is 59.5 cm³/mol. The van der Waals surface area contributed by atoms with Crippen molar-refractivity contribution in [1.29, 1.82) is 0 Å². The van der Waals surface area contributed by atoms with Crippen molar-refractivity contribution in [3.05, 3.63) is 0 Å². The van der Waals surface area contributed by atoms with Crippen LogP contribution in [0.3, 0.4) is 0 Å². The molecule has 1 aliphatic carbocycles. The molecule has 92 valence electrons. The second kappa shape index (κ2) is 5.61. The van der Waals surface area contributed by atoms with E-state index in [2.05, 4.69) is 10.2 Å². The van der Waals surface area contributed by atoms with Crippen molar-refractivity contribution < 1.29 is 14.6 Å². The molecule has 0 radical (unpaired) electrons. The van der Waals surface area contributed by atoms with Gasteiger partial charge in [0.2, 0.25) is 0 Å². The van der Waals surface area contributed by atoms with Gasteiger partial charge in [-0.05, 0) is 19.3 Å². The van der Waals surface area contributed by atoms with Crippen LogP contribution >= 0.6 is 0 Å². The minimum atomic E-state index is -0.739. The van der Waals surface area contributed by atoms with Gasteiger partial charge in [0, 0.05) is 32.3 Å². The molecule has 1 aliphatic heterocycles. The van der Waals surface area contributed by atoms with E-state index < -0.39 is 12.0 Å². The molecule has 0 spiro atoms. The highest BCUT2D eigenvalue weighted by Gasteiger charge is 2.29. The molecule has 0 amide bonds. The maximum Gasteiger partial charge on any atom is 0.322 e. The van der Waals surface area contributed by atoms with Crippen molar-refractivity contribution in [2.45, 2.75) is 31.3 Å².